The normalized spacial score (nSPS) is 29.1. The molecular weight excluding hydrogens is 240 g/mol. The third-order valence-corrected chi connectivity index (χ3v) is 4.71. The third kappa shape index (κ3) is 3.02. The molecule has 1 saturated heterocycles. The molecule has 0 amide bonds. The van der Waals surface area contributed by atoms with Gasteiger partial charge in [0, 0.05) is 24.5 Å². The maximum absolute atomic E-state index is 11.4. The molecule has 17 heavy (non-hydrogen) atoms. The first-order valence-electron chi connectivity index (χ1n) is 5.52. The van der Waals surface area contributed by atoms with Gasteiger partial charge in [-0.25, -0.2) is 8.42 Å². The van der Waals surface area contributed by atoms with E-state index in [4.69, 9.17) is 0 Å². The Kier molecular flexibility index (Phi) is 3.46. The van der Waals surface area contributed by atoms with Crippen LogP contribution >= 0.6 is 0 Å². The molecule has 1 fully saturated rings. The van der Waals surface area contributed by atoms with Crippen molar-refractivity contribution in [2.45, 2.75) is 25.1 Å². The van der Waals surface area contributed by atoms with E-state index in [-0.39, 0.29) is 23.6 Å². The topological polar surface area (TPSA) is 79.3 Å². The van der Waals surface area contributed by atoms with Crippen molar-refractivity contribution in [3.8, 4) is 0 Å². The molecule has 0 radical (unpaired) electrons. The molecule has 0 spiro atoms. The largest absolute Gasteiger partial charge is 0.390 e. The molecule has 0 aliphatic carbocycles. The summed E-state index contributed by atoms with van der Waals surface area (Å²) in [6.07, 6.45) is 2.56. The smallest absolute Gasteiger partial charge is 0.154 e. The average molecular weight is 256 g/mol. The molecule has 5 nitrogen and oxygen atoms in total. The van der Waals surface area contributed by atoms with E-state index in [0.717, 1.165) is 5.56 Å². The van der Waals surface area contributed by atoms with Gasteiger partial charge in [-0.2, -0.15) is 0 Å². The second-order valence-corrected chi connectivity index (χ2v) is 6.57. The predicted octanol–water partition coefficient (Wildman–Crippen LogP) is -0.110. The lowest BCUT2D eigenvalue weighted by Gasteiger charge is -2.21. The van der Waals surface area contributed by atoms with E-state index in [0.29, 0.717) is 0 Å². The van der Waals surface area contributed by atoms with Gasteiger partial charge in [-0.15, -0.1) is 0 Å². The van der Waals surface area contributed by atoms with Gasteiger partial charge in [-0.05, 0) is 24.6 Å². The van der Waals surface area contributed by atoms with Crippen LogP contribution in [0.5, 0.6) is 0 Å². The number of pyridine rings is 1. The molecule has 3 atom stereocenters. The summed E-state index contributed by atoms with van der Waals surface area (Å²) in [6.45, 7) is 1.94. The van der Waals surface area contributed by atoms with Crippen LogP contribution < -0.4 is 5.32 Å². The van der Waals surface area contributed by atoms with E-state index in [1.165, 1.54) is 0 Å². The monoisotopic (exact) mass is 256 g/mol. The Labute approximate surface area is 101 Å². The standard InChI is InChI=1S/C11H16N2O3S/c1-8(9-2-4-12-5-3-9)13-10-6-17(15,16)7-11(10)14/h2-5,8,10-11,13-14H,6-7H2,1H3/t8-,10?,11?/m0/s1. The minimum absolute atomic E-state index is 0.00356. The number of aromatic nitrogens is 1. The summed E-state index contributed by atoms with van der Waals surface area (Å²) in [5.41, 5.74) is 1.02. The number of rotatable bonds is 3. The maximum Gasteiger partial charge on any atom is 0.154 e. The second kappa shape index (κ2) is 4.72. The van der Waals surface area contributed by atoms with Crippen molar-refractivity contribution in [1.82, 2.24) is 10.3 Å². The summed E-state index contributed by atoms with van der Waals surface area (Å²) in [5, 5.41) is 12.8. The fourth-order valence-electron chi connectivity index (χ4n) is 2.06. The van der Waals surface area contributed by atoms with Crippen LogP contribution in [0.15, 0.2) is 24.5 Å². The molecule has 1 aliphatic heterocycles. The Morgan fingerprint density at radius 2 is 2.06 bits per heavy atom. The highest BCUT2D eigenvalue weighted by molar-refractivity contribution is 7.91. The summed E-state index contributed by atoms with van der Waals surface area (Å²) >= 11 is 0. The van der Waals surface area contributed by atoms with Crippen LogP contribution in [0.2, 0.25) is 0 Å². The van der Waals surface area contributed by atoms with Gasteiger partial charge in [0.25, 0.3) is 0 Å². The lowest BCUT2D eigenvalue weighted by molar-refractivity contribution is 0.160. The summed E-state index contributed by atoms with van der Waals surface area (Å²) in [7, 11) is -3.10. The zero-order valence-electron chi connectivity index (χ0n) is 9.57. The third-order valence-electron chi connectivity index (χ3n) is 2.99. The van der Waals surface area contributed by atoms with Gasteiger partial charge in [0.15, 0.2) is 9.84 Å². The number of aliphatic hydroxyl groups is 1. The van der Waals surface area contributed by atoms with Crippen LogP contribution in [-0.2, 0) is 9.84 Å². The SMILES string of the molecule is C[C@H](NC1CS(=O)(=O)CC1O)c1ccncc1. The van der Waals surface area contributed by atoms with Crippen molar-refractivity contribution < 1.29 is 13.5 Å². The molecule has 1 aromatic heterocycles. The molecule has 0 saturated carbocycles. The number of hydrogen-bond donors (Lipinski definition) is 2. The Bertz CT molecular complexity index is 475. The first-order valence-corrected chi connectivity index (χ1v) is 7.34. The first kappa shape index (κ1) is 12.5. The molecule has 0 bridgehead atoms. The molecule has 2 rings (SSSR count). The number of sulfone groups is 1. The molecule has 94 valence electrons. The summed E-state index contributed by atoms with van der Waals surface area (Å²) in [5.74, 6) is -0.142. The molecule has 2 N–H and O–H groups in total. The molecule has 2 heterocycles. The Hall–Kier alpha value is -0.980. The van der Waals surface area contributed by atoms with Gasteiger partial charge < -0.3 is 10.4 Å². The zero-order chi connectivity index (χ0) is 12.5. The van der Waals surface area contributed by atoms with Gasteiger partial charge in [0.1, 0.15) is 0 Å². The molecule has 2 unspecified atom stereocenters. The van der Waals surface area contributed by atoms with Crippen molar-refractivity contribution in [3.05, 3.63) is 30.1 Å². The first-order chi connectivity index (χ1) is 7.98. The van der Waals surface area contributed by atoms with Crippen molar-refractivity contribution in [1.29, 1.82) is 0 Å². The lowest BCUT2D eigenvalue weighted by Crippen LogP contribution is -2.40. The molecule has 1 aliphatic rings. The van der Waals surface area contributed by atoms with Crippen molar-refractivity contribution in [2.75, 3.05) is 11.5 Å². The lowest BCUT2D eigenvalue weighted by atomic mass is 10.1. The molecule has 0 aromatic carbocycles. The fourth-order valence-corrected chi connectivity index (χ4v) is 3.81. The van der Waals surface area contributed by atoms with Gasteiger partial charge in [-0.3, -0.25) is 4.98 Å². The molecule has 6 heteroatoms. The minimum Gasteiger partial charge on any atom is -0.390 e. The molecular formula is C11H16N2O3S. The zero-order valence-corrected chi connectivity index (χ0v) is 10.4. The van der Waals surface area contributed by atoms with E-state index >= 15 is 0 Å². The van der Waals surface area contributed by atoms with Crippen LogP contribution in [0.25, 0.3) is 0 Å². The van der Waals surface area contributed by atoms with Crippen LogP contribution in [0.3, 0.4) is 0 Å². The Balaban J connectivity index is 2.03. The molecule has 1 aromatic rings. The highest BCUT2D eigenvalue weighted by Crippen LogP contribution is 2.17. The van der Waals surface area contributed by atoms with Crippen molar-refractivity contribution in [3.63, 3.8) is 0 Å². The summed E-state index contributed by atoms with van der Waals surface area (Å²) in [4.78, 5) is 3.92. The van der Waals surface area contributed by atoms with Crippen LogP contribution in [0.1, 0.15) is 18.5 Å². The van der Waals surface area contributed by atoms with Crippen LogP contribution in [0.4, 0.5) is 0 Å². The van der Waals surface area contributed by atoms with Gasteiger partial charge in [-0.1, -0.05) is 0 Å². The van der Waals surface area contributed by atoms with Crippen LogP contribution in [-0.4, -0.2) is 42.2 Å². The maximum atomic E-state index is 11.4. The van der Waals surface area contributed by atoms with Gasteiger partial charge in [0.05, 0.1) is 17.6 Å². The number of aliphatic hydroxyl groups excluding tert-OH is 1. The van der Waals surface area contributed by atoms with E-state index in [1.54, 1.807) is 12.4 Å². The highest BCUT2D eigenvalue weighted by Gasteiger charge is 2.36. The van der Waals surface area contributed by atoms with Crippen LogP contribution in [0, 0.1) is 0 Å². The quantitative estimate of drug-likeness (QED) is 0.789. The van der Waals surface area contributed by atoms with Gasteiger partial charge in [0.2, 0.25) is 0 Å². The Morgan fingerprint density at radius 3 is 2.59 bits per heavy atom. The fraction of sp³-hybridized carbons (Fsp3) is 0.545. The number of nitrogens with one attached hydrogen (secondary N) is 1. The Morgan fingerprint density at radius 1 is 1.41 bits per heavy atom. The number of nitrogens with zero attached hydrogens (tertiary/aromatic N) is 1. The second-order valence-electron chi connectivity index (χ2n) is 4.42. The van der Waals surface area contributed by atoms with E-state index in [9.17, 15) is 13.5 Å². The van der Waals surface area contributed by atoms with Crippen molar-refractivity contribution >= 4 is 9.84 Å². The van der Waals surface area contributed by atoms with Gasteiger partial charge >= 0.3 is 0 Å². The number of hydrogen-bond acceptors (Lipinski definition) is 5. The van der Waals surface area contributed by atoms with Crippen molar-refractivity contribution in [2.24, 2.45) is 0 Å². The summed E-state index contributed by atoms with van der Waals surface area (Å²) in [6, 6.07) is 3.34. The minimum atomic E-state index is -3.10. The summed E-state index contributed by atoms with van der Waals surface area (Å²) < 4.78 is 22.7. The average Bonchev–Trinajstić information content (AvgIpc) is 2.53. The van der Waals surface area contributed by atoms with E-state index in [2.05, 4.69) is 10.3 Å². The van der Waals surface area contributed by atoms with E-state index < -0.39 is 15.9 Å². The van der Waals surface area contributed by atoms with E-state index in [1.807, 2.05) is 19.1 Å². The predicted molar refractivity (Wildman–Crippen MR) is 64.2 cm³/mol. The highest BCUT2D eigenvalue weighted by atomic mass is 32.2.